The molecule has 0 radical (unpaired) electrons. The van der Waals surface area contributed by atoms with E-state index in [9.17, 15) is 9.59 Å². The maximum Gasteiger partial charge on any atom is 0.254 e. The molecule has 0 aliphatic carbocycles. The Morgan fingerprint density at radius 1 is 1.12 bits per heavy atom. The Balaban J connectivity index is 1.88. The molecule has 2 saturated heterocycles. The number of hydrogen-bond acceptors (Lipinski definition) is 4. The molecule has 2 heterocycles. The van der Waals surface area contributed by atoms with E-state index in [4.69, 9.17) is 4.74 Å². The van der Waals surface area contributed by atoms with E-state index in [1.54, 1.807) is 11.9 Å². The lowest BCUT2D eigenvalue weighted by atomic mass is 9.93. The Bertz CT molecular complexity index is 649. The zero-order valence-electron chi connectivity index (χ0n) is 15.3. The smallest absolute Gasteiger partial charge is 0.254 e. The van der Waals surface area contributed by atoms with Gasteiger partial charge >= 0.3 is 0 Å². The van der Waals surface area contributed by atoms with Crippen LogP contribution in [0.5, 0.6) is 0 Å². The minimum Gasteiger partial charge on any atom is -0.356 e. The Morgan fingerprint density at radius 3 is 2.64 bits per heavy atom. The van der Waals surface area contributed by atoms with Crippen LogP contribution in [-0.4, -0.2) is 79.5 Å². The highest BCUT2D eigenvalue weighted by Crippen LogP contribution is 2.32. The minimum absolute atomic E-state index is 0.0112. The van der Waals surface area contributed by atoms with Crippen LogP contribution in [0.25, 0.3) is 0 Å². The third-order valence-electron chi connectivity index (χ3n) is 5.27. The Hall–Kier alpha value is -1.92. The summed E-state index contributed by atoms with van der Waals surface area (Å²) in [5.41, 5.74) is 2.04. The molecule has 1 aromatic rings. The molecule has 3 rings (SSSR count). The molecule has 0 spiro atoms. The highest BCUT2D eigenvalue weighted by Gasteiger charge is 2.42. The van der Waals surface area contributed by atoms with Crippen LogP contribution in [0.2, 0.25) is 0 Å². The molecule has 0 bridgehead atoms. The van der Waals surface area contributed by atoms with Gasteiger partial charge in [0, 0.05) is 26.7 Å². The number of nitrogens with zero attached hydrogens (tertiary/aromatic N) is 3. The van der Waals surface area contributed by atoms with Gasteiger partial charge in [-0.2, -0.15) is 0 Å². The van der Waals surface area contributed by atoms with Crippen molar-refractivity contribution in [2.24, 2.45) is 0 Å². The van der Waals surface area contributed by atoms with E-state index in [2.05, 4.69) is 11.9 Å². The molecule has 0 aromatic heterocycles. The van der Waals surface area contributed by atoms with Gasteiger partial charge < -0.3 is 19.4 Å². The first-order chi connectivity index (χ1) is 12.0. The number of morpholine rings is 1. The van der Waals surface area contributed by atoms with E-state index >= 15 is 0 Å². The summed E-state index contributed by atoms with van der Waals surface area (Å²) in [6.07, 6.45) is 0.311. The van der Waals surface area contributed by atoms with Crippen molar-refractivity contribution in [2.45, 2.75) is 25.5 Å². The lowest BCUT2D eigenvalue weighted by Crippen LogP contribution is -2.54. The molecule has 25 heavy (non-hydrogen) atoms. The van der Waals surface area contributed by atoms with E-state index in [0.717, 1.165) is 37.2 Å². The number of carbonyl (C=O) groups excluding carboxylic acids is 2. The monoisotopic (exact) mass is 345 g/mol. The average molecular weight is 345 g/mol. The van der Waals surface area contributed by atoms with Gasteiger partial charge in [0.05, 0.1) is 6.04 Å². The maximum atomic E-state index is 13.2. The second-order valence-corrected chi connectivity index (χ2v) is 7.02. The van der Waals surface area contributed by atoms with E-state index in [0.29, 0.717) is 6.54 Å². The Kier molecular flexibility index (Phi) is 5.39. The quantitative estimate of drug-likeness (QED) is 0.804. The summed E-state index contributed by atoms with van der Waals surface area (Å²) < 4.78 is 5.77. The summed E-state index contributed by atoms with van der Waals surface area (Å²) >= 11 is 0. The van der Waals surface area contributed by atoms with Crippen LogP contribution in [0, 0.1) is 6.92 Å². The van der Waals surface area contributed by atoms with Gasteiger partial charge in [-0.05, 0) is 38.1 Å². The standard InChI is InChI=1S/C19H27N3O3/c1-14-7-4-5-8-15(14)17-18(25-13-16(23)21(17)3)19(24)22-10-6-9-20(2)11-12-22/h4-5,7-8,17-18H,6,9-13H2,1-3H3/t17-,18+/m1/s1. The molecule has 2 amide bonds. The molecule has 0 N–H and O–H groups in total. The first-order valence-corrected chi connectivity index (χ1v) is 8.89. The largest absolute Gasteiger partial charge is 0.356 e. The van der Waals surface area contributed by atoms with Crippen molar-refractivity contribution in [1.29, 1.82) is 0 Å². The van der Waals surface area contributed by atoms with Crippen molar-refractivity contribution in [3.63, 3.8) is 0 Å². The lowest BCUT2D eigenvalue weighted by molar-refractivity contribution is -0.167. The van der Waals surface area contributed by atoms with Crippen LogP contribution in [0.1, 0.15) is 23.6 Å². The first kappa shape index (κ1) is 17.9. The summed E-state index contributed by atoms with van der Waals surface area (Å²) in [5, 5.41) is 0. The minimum atomic E-state index is -0.646. The molecule has 1 aromatic carbocycles. The van der Waals surface area contributed by atoms with Gasteiger partial charge in [-0.15, -0.1) is 0 Å². The number of hydrogen-bond donors (Lipinski definition) is 0. The van der Waals surface area contributed by atoms with Gasteiger partial charge in [-0.25, -0.2) is 0 Å². The van der Waals surface area contributed by atoms with Crippen molar-refractivity contribution < 1.29 is 14.3 Å². The second-order valence-electron chi connectivity index (χ2n) is 7.02. The fourth-order valence-electron chi connectivity index (χ4n) is 3.66. The van der Waals surface area contributed by atoms with E-state index in [1.165, 1.54) is 0 Å². The van der Waals surface area contributed by atoms with Gasteiger partial charge in [0.15, 0.2) is 6.10 Å². The highest BCUT2D eigenvalue weighted by atomic mass is 16.5. The van der Waals surface area contributed by atoms with Crippen molar-refractivity contribution in [1.82, 2.24) is 14.7 Å². The molecule has 0 saturated carbocycles. The number of aryl methyl sites for hydroxylation is 1. The second kappa shape index (κ2) is 7.54. The summed E-state index contributed by atoms with van der Waals surface area (Å²) in [6.45, 7) is 5.26. The number of likely N-dealkylation sites (N-methyl/N-ethyl adjacent to an activating group) is 2. The highest BCUT2D eigenvalue weighted by molar-refractivity contribution is 5.86. The number of carbonyl (C=O) groups is 2. The predicted molar refractivity (Wildman–Crippen MR) is 95.1 cm³/mol. The van der Waals surface area contributed by atoms with E-state index in [-0.39, 0.29) is 24.5 Å². The van der Waals surface area contributed by atoms with Gasteiger partial charge in [-0.3, -0.25) is 9.59 Å². The zero-order valence-corrected chi connectivity index (χ0v) is 15.3. The van der Waals surface area contributed by atoms with Crippen LogP contribution in [0.4, 0.5) is 0 Å². The van der Waals surface area contributed by atoms with Crippen molar-refractivity contribution in [3.05, 3.63) is 35.4 Å². The third-order valence-corrected chi connectivity index (χ3v) is 5.27. The van der Waals surface area contributed by atoms with Crippen molar-refractivity contribution in [2.75, 3.05) is 46.9 Å². The summed E-state index contributed by atoms with van der Waals surface area (Å²) in [5.74, 6) is -0.101. The Labute approximate surface area is 149 Å². The number of rotatable bonds is 2. The fourth-order valence-corrected chi connectivity index (χ4v) is 3.66. The van der Waals surface area contributed by atoms with Gasteiger partial charge in [-0.1, -0.05) is 24.3 Å². The summed E-state index contributed by atoms with van der Waals surface area (Å²) in [4.78, 5) is 31.2. The van der Waals surface area contributed by atoms with Crippen LogP contribution in [0.3, 0.4) is 0 Å². The SMILES string of the molecule is Cc1ccccc1[C@@H]1[C@@H](C(=O)N2CCCN(C)CC2)OCC(=O)N1C. The summed E-state index contributed by atoms with van der Waals surface area (Å²) in [6, 6.07) is 7.51. The normalized spacial score (nSPS) is 25.8. The number of benzene rings is 1. The molecule has 6 nitrogen and oxygen atoms in total. The average Bonchev–Trinajstić information content (AvgIpc) is 2.82. The third kappa shape index (κ3) is 3.70. The van der Waals surface area contributed by atoms with Gasteiger partial charge in [0.1, 0.15) is 6.61 Å². The van der Waals surface area contributed by atoms with Crippen molar-refractivity contribution in [3.8, 4) is 0 Å². The number of amides is 2. The van der Waals surface area contributed by atoms with Gasteiger partial charge in [0.2, 0.25) is 5.91 Å². The van der Waals surface area contributed by atoms with Crippen LogP contribution in [0.15, 0.2) is 24.3 Å². The molecule has 0 unspecified atom stereocenters. The molecule has 2 aliphatic rings. The van der Waals surface area contributed by atoms with E-state index in [1.807, 2.05) is 36.1 Å². The van der Waals surface area contributed by atoms with Crippen LogP contribution in [-0.2, 0) is 14.3 Å². The molecule has 2 atom stereocenters. The molecule has 2 aliphatic heterocycles. The maximum absolute atomic E-state index is 13.2. The zero-order chi connectivity index (χ0) is 18.0. The summed E-state index contributed by atoms with van der Waals surface area (Å²) in [7, 11) is 3.84. The molecule has 2 fully saturated rings. The first-order valence-electron chi connectivity index (χ1n) is 8.89. The van der Waals surface area contributed by atoms with Crippen LogP contribution >= 0.6 is 0 Å². The molecule has 136 valence electrons. The molecular formula is C19H27N3O3. The van der Waals surface area contributed by atoms with Crippen molar-refractivity contribution >= 4 is 11.8 Å². The topological polar surface area (TPSA) is 53.1 Å². The fraction of sp³-hybridized carbons (Fsp3) is 0.579. The molecular weight excluding hydrogens is 318 g/mol. The molecule has 6 heteroatoms. The lowest BCUT2D eigenvalue weighted by Gasteiger charge is -2.40. The predicted octanol–water partition coefficient (Wildman–Crippen LogP) is 1.06. The van der Waals surface area contributed by atoms with Gasteiger partial charge in [0.25, 0.3) is 5.91 Å². The van der Waals surface area contributed by atoms with E-state index < -0.39 is 6.10 Å². The van der Waals surface area contributed by atoms with Crippen LogP contribution < -0.4 is 0 Å². The Morgan fingerprint density at radius 2 is 1.88 bits per heavy atom. The number of ether oxygens (including phenoxy) is 1.